The van der Waals surface area contributed by atoms with Gasteiger partial charge in [-0.25, -0.2) is 0 Å². The Bertz CT molecular complexity index is 1300. The molecule has 3 amide bonds. The van der Waals surface area contributed by atoms with Crippen molar-refractivity contribution in [3.05, 3.63) is 51.5 Å². The van der Waals surface area contributed by atoms with Crippen molar-refractivity contribution in [1.29, 1.82) is 0 Å². The number of carboxylic acid groups (broad SMARTS) is 1. The number of nitrogens with zero attached hydrogens (tertiary/aromatic N) is 1. The van der Waals surface area contributed by atoms with Crippen molar-refractivity contribution < 1.29 is 28.8 Å². The highest BCUT2D eigenvalue weighted by atomic mass is 16.5. The lowest BCUT2D eigenvalue weighted by atomic mass is 9.97. The molecule has 12 nitrogen and oxygen atoms in total. The number of hydrogen-bond donors (Lipinski definition) is 5. The molecule has 0 aliphatic carbocycles. The molecule has 0 bridgehead atoms. The number of H-pyrrole nitrogens is 1. The Hall–Kier alpha value is -3.93. The molecule has 0 spiro atoms. The predicted molar refractivity (Wildman–Crippen MR) is 141 cm³/mol. The van der Waals surface area contributed by atoms with Crippen LogP contribution in [0.25, 0.3) is 0 Å². The summed E-state index contributed by atoms with van der Waals surface area (Å²) < 4.78 is 4.78. The van der Waals surface area contributed by atoms with Gasteiger partial charge < -0.3 is 25.6 Å². The number of benzene rings is 1. The van der Waals surface area contributed by atoms with E-state index in [4.69, 9.17) is 4.52 Å². The molecule has 2 aliphatic heterocycles. The second-order valence-electron chi connectivity index (χ2n) is 10.3. The highest BCUT2D eigenvalue weighted by molar-refractivity contribution is 6.08. The molecule has 1 unspecified atom stereocenters. The van der Waals surface area contributed by atoms with Gasteiger partial charge in [-0.05, 0) is 36.9 Å². The summed E-state index contributed by atoms with van der Waals surface area (Å²) in [7, 11) is 1.71. The van der Waals surface area contributed by atoms with Crippen LogP contribution in [0.3, 0.4) is 0 Å². The third-order valence-corrected chi connectivity index (χ3v) is 7.71. The molecule has 0 radical (unpaired) electrons. The van der Waals surface area contributed by atoms with Gasteiger partial charge >= 0.3 is 5.97 Å². The van der Waals surface area contributed by atoms with Crippen LogP contribution in [0.5, 0.6) is 0 Å². The first-order valence-corrected chi connectivity index (χ1v) is 13.2. The molecular weight excluding hydrogens is 506 g/mol. The normalized spacial score (nSPS) is 20.5. The number of nitrogens with one attached hydrogen (secondary N) is 4. The quantitative estimate of drug-likeness (QED) is 0.273. The first-order chi connectivity index (χ1) is 18.6. The van der Waals surface area contributed by atoms with Crippen molar-refractivity contribution in [2.75, 3.05) is 11.9 Å². The van der Waals surface area contributed by atoms with Crippen LogP contribution in [0, 0.1) is 5.92 Å². The van der Waals surface area contributed by atoms with E-state index < -0.39 is 48.0 Å². The van der Waals surface area contributed by atoms with E-state index >= 15 is 0 Å². The summed E-state index contributed by atoms with van der Waals surface area (Å²) in [5.74, 6) is -2.28. The van der Waals surface area contributed by atoms with E-state index in [2.05, 4.69) is 21.1 Å². The van der Waals surface area contributed by atoms with Crippen molar-refractivity contribution in [2.45, 2.75) is 76.5 Å². The topological polar surface area (TPSA) is 174 Å². The molecule has 2 aliphatic rings. The van der Waals surface area contributed by atoms with E-state index in [-0.39, 0.29) is 36.1 Å². The van der Waals surface area contributed by atoms with Crippen LogP contribution in [0.15, 0.2) is 33.8 Å². The van der Waals surface area contributed by atoms with Crippen LogP contribution in [0.4, 0.5) is 5.69 Å². The summed E-state index contributed by atoms with van der Waals surface area (Å²) in [5, 5.41) is 20.2. The molecule has 1 aromatic heterocycles. The zero-order valence-corrected chi connectivity index (χ0v) is 22.3. The van der Waals surface area contributed by atoms with Gasteiger partial charge in [-0.1, -0.05) is 38.5 Å². The molecule has 210 valence electrons. The molecule has 3 heterocycles. The third kappa shape index (κ3) is 5.90. The molecule has 39 heavy (non-hydrogen) atoms. The lowest BCUT2D eigenvalue weighted by Gasteiger charge is -2.30. The van der Waals surface area contributed by atoms with Crippen LogP contribution in [-0.2, 0) is 38.4 Å². The Kier molecular flexibility index (Phi) is 8.54. The van der Waals surface area contributed by atoms with E-state index in [1.165, 1.54) is 11.2 Å². The number of carbonyl (C=O) groups excluding carboxylic acids is 3. The smallest absolute Gasteiger partial charge is 0.305 e. The number of aromatic amines is 1. The largest absolute Gasteiger partial charge is 0.481 e. The molecule has 4 rings (SSSR count). The molecule has 12 heteroatoms. The highest BCUT2D eigenvalue weighted by Crippen LogP contribution is 2.39. The van der Waals surface area contributed by atoms with Crippen molar-refractivity contribution in [3.63, 3.8) is 0 Å². The second-order valence-corrected chi connectivity index (χ2v) is 10.3. The van der Waals surface area contributed by atoms with Crippen LogP contribution < -0.4 is 26.4 Å². The van der Waals surface area contributed by atoms with Crippen molar-refractivity contribution >= 4 is 29.4 Å². The first-order valence-electron chi connectivity index (χ1n) is 13.2. The zero-order chi connectivity index (χ0) is 28.3. The maximum absolute atomic E-state index is 13.9. The predicted octanol–water partition coefficient (Wildman–Crippen LogP) is 0.493. The number of hydrogen-bond acceptors (Lipinski definition) is 7. The fraction of sp³-hybridized carbons (Fsp3) is 0.519. The highest BCUT2D eigenvalue weighted by Gasteiger charge is 2.44. The summed E-state index contributed by atoms with van der Waals surface area (Å²) in [6.45, 7) is 3.95. The molecule has 1 aromatic carbocycles. The van der Waals surface area contributed by atoms with Crippen molar-refractivity contribution in [2.24, 2.45) is 5.92 Å². The number of aromatic nitrogens is 1. The van der Waals surface area contributed by atoms with E-state index in [0.29, 0.717) is 18.5 Å². The SMILES string of the molecule is CC[C@H](C)[C@H](NC)C(=O)NC1CCc2cccc3c2N(C1=O)[C@H](C(=O)N[C@@H](CC(=O)O)Cc1co[nH]c1=O)C3. The summed E-state index contributed by atoms with van der Waals surface area (Å²) in [5.41, 5.74) is 2.12. The van der Waals surface area contributed by atoms with Gasteiger partial charge in [0.1, 0.15) is 18.3 Å². The Labute approximate surface area is 225 Å². The lowest BCUT2D eigenvalue weighted by molar-refractivity contribution is -0.138. The van der Waals surface area contributed by atoms with Gasteiger partial charge in [-0.2, -0.15) is 5.16 Å². The molecule has 5 N–H and O–H groups in total. The summed E-state index contributed by atoms with van der Waals surface area (Å²) in [6.07, 6.45) is 2.67. The lowest BCUT2D eigenvalue weighted by Crippen LogP contribution is -2.58. The van der Waals surface area contributed by atoms with Gasteiger partial charge in [0.2, 0.25) is 17.7 Å². The van der Waals surface area contributed by atoms with E-state index in [1.54, 1.807) is 7.05 Å². The number of aliphatic carboxylic acids is 1. The number of rotatable bonds is 11. The van der Waals surface area contributed by atoms with E-state index in [9.17, 15) is 29.1 Å². The van der Waals surface area contributed by atoms with Crippen molar-refractivity contribution in [3.8, 4) is 0 Å². The third-order valence-electron chi connectivity index (χ3n) is 7.71. The van der Waals surface area contributed by atoms with Crippen LogP contribution in [-0.4, -0.2) is 65.2 Å². The van der Waals surface area contributed by atoms with E-state index in [1.807, 2.05) is 32.0 Å². The Morgan fingerprint density at radius 3 is 2.62 bits per heavy atom. The zero-order valence-electron chi connectivity index (χ0n) is 22.3. The number of likely N-dealkylation sites (N-methyl/N-ethyl adjacent to an activating group) is 1. The Morgan fingerprint density at radius 2 is 1.97 bits per heavy atom. The van der Waals surface area contributed by atoms with Crippen LogP contribution in [0.2, 0.25) is 0 Å². The molecule has 2 aromatic rings. The van der Waals surface area contributed by atoms with Gasteiger partial charge in [-0.15, -0.1) is 0 Å². The summed E-state index contributed by atoms with van der Waals surface area (Å²) >= 11 is 0. The monoisotopic (exact) mass is 541 g/mol. The first kappa shape index (κ1) is 28.1. The van der Waals surface area contributed by atoms with Crippen LogP contribution >= 0.6 is 0 Å². The molecule has 0 saturated heterocycles. The molecule has 5 atom stereocenters. The van der Waals surface area contributed by atoms with Crippen LogP contribution in [0.1, 0.15) is 49.8 Å². The average Bonchev–Trinajstić information content (AvgIpc) is 3.45. The fourth-order valence-electron chi connectivity index (χ4n) is 5.51. The number of carbonyl (C=O) groups is 4. The molecular formula is C27H35N5O7. The van der Waals surface area contributed by atoms with Gasteiger partial charge in [-0.3, -0.25) is 28.9 Å². The number of carboxylic acids is 1. The van der Waals surface area contributed by atoms with Gasteiger partial charge in [0, 0.05) is 18.9 Å². The minimum atomic E-state index is -1.15. The maximum Gasteiger partial charge on any atom is 0.305 e. The fourth-order valence-corrected chi connectivity index (χ4v) is 5.51. The van der Waals surface area contributed by atoms with Gasteiger partial charge in [0.05, 0.1) is 23.7 Å². The van der Waals surface area contributed by atoms with Crippen molar-refractivity contribution in [1.82, 2.24) is 21.1 Å². The number of para-hydroxylation sites is 1. The molecule has 0 saturated carbocycles. The Morgan fingerprint density at radius 1 is 1.23 bits per heavy atom. The van der Waals surface area contributed by atoms with Gasteiger partial charge in [0.25, 0.3) is 5.56 Å². The standard InChI is InChI=1S/C27H35N5O7/c1-4-14(2)22(28-3)26(37)30-19-9-8-15-6-5-7-16-11-20(32(23(15)16)27(19)38)25(36)29-18(12-21(33)34)10-17-13-39-31-24(17)35/h5-7,13-14,18-20,22,28H,4,8-12H2,1-3H3,(H,29,36)(H,30,37)(H,31,35)(H,33,34)/t14-,18+,19?,20-,22-/m0/s1. The number of anilines is 1. The second kappa shape index (κ2) is 11.9. The Balaban J connectivity index is 1.58. The van der Waals surface area contributed by atoms with Gasteiger partial charge in [0.15, 0.2) is 0 Å². The molecule has 0 fully saturated rings. The minimum absolute atomic E-state index is 0.0531. The summed E-state index contributed by atoms with van der Waals surface area (Å²) in [6, 6.07) is 2.53. The average molecular weight is 542 g/mol. The van der Waals surface area contributed by atoms with E-state index in [0.717, 1.165) is 17.5 Å². The minimum Gasteiger partial charge on any atom is -0.481 e. The summed E-state index contributed by atoms with van der Waals surface area (Å²) in [4.78, 5) is 65.5. The number of amides is 3. The number of aryl methyl sites for hydroxylation is 1. The maximum atomic E-state index is 13.9.